The van der Waals surface area contributed by atoms with Crippen LogP contribution in [0.15, 0.2) is 66.9 Å². The first-order chi connectivity index (χ1) is 16.9. The first-order valence-electron chi connectivity index (χ1n) is 11.5. The number of hydrogen-bond acceptors (Lipinski definition) is 7. The van der Waals surface area contributed by atoms with E-state index >= 15 is 0 Å². The average molecular weight is 492 g/mol. The molecule has 0 unspecified atom stereocenters. The van der Waals surface area contributed by atoms with Gasteiger partial charge >= 0.3 is 0 Å². The van der Waals surface area contributed by atoms with E-state index in [9.17, 15) is 8.42 Å². The van der Waals surface area contributed by atoms with Crippen molar-refractivity contribution in [1.29, 1.82) is 0 Å². The highest BCUT2D eigenvalue weighted by Crippen LogP contribution is 2.30. The molecule has 4 rings (SSSR count). The lowest BCUT2D eigenvalue weighted by Crippen LogP contribution is -2.28. The van der Waals surface area contributed by atoms with Gasteiger partial charge < -0.3 is 4.90 Å². The number of unbranched alkanes of at least 4 members (excludes halogenated alkanes) is 1. The molecule has 2 heterocycles. The van der Waals surface area contributed by atoms with Gasteiger partial charge in [-0.05, 0) is 39.6 Å². The summed E-state index contributed by atoms with van der Waals surface area (Å²) in [5.74, 6) is 1.42. The van der Waals surface area contributed by atoms with Crippen LogP contribution in [0.2, 0.25) is 0 Å². The van der Waals surface area contributed by atoms with Gasteiger partial charge in [-0.25, -0.2) is 23.2 Å². The summed E-state index contributed by atoms with van der Waals surface area (Å²) < 4.78 is 25.9. The molecule has 2 N–H and O–H groups in total. The lowest BCUT2D eigenvalue weighted by Gasteiger charge is -2.26. The van der Waals surface area contributed by atoms with Crippen LogP contribution in [0.4, 0.5) is 5.82 Å². The first kappa shape index (κ1) is 24.5. The van der Waals surface area contributed by atoms with Gasteiger partial charge in [-0.2, -0.15) is 0 Å². The fourth-order valence-corrected chi connectivity index (χ4v) is 4.31. The molecule has 182 valence electrons. The Morgan fingerprint density at radius 2 is 1.77 bits per heavy atom. The summed E-state index contributed by atoms with van der Waals surface area (Å²) in [5, 5.41) is 14.3. The number of anilines is 1. The van der Waals surface area contributed by atoms with Gasteiger partial charge in [0.15, 0.2) is 5.82 Å². The number of benzene rings is 2. The Kier molecular flexibility index (Phi) is 7.84. The van der Waals surface area contributed by atoms with Crippen LogP contribution in [0.1, 0.15) is 30.9 Å². The summed E-state index contributed by atoms with van der Waals surface area (Å²) in [6.45, 7) is 3.84. The largest absolute Gasteiger partial charge is 0.352 e. The van der Waals surface area contributed by atoms with Crippen molar-refractivity contribution in [3.8, 4) is 22.5 Å². The van der Waals surface area contributed by atoms with E-state index in [0.29, 0.717) is 12.4 Å². The van der Waals surface area contributed by atoms with Crippen molar-refractivity contribution in [2.75, 3.05) is 17.7 Å². The van der Waals surface area contributed by atoms with Crippen molar-refractivity contribution in [1.82, 2.24) is 30.3 Å². The Hall–Kier alpha value is -3.63. The van der Waals surface area contributed by atoms with E-state index in [1.807, 2.05) is 30.3 Å². The zero-order valence-electron chi connectivity index (χ0n) is 19.8. The van der Waals surface area contributed by atoms with Gasteiger partial charge in [0.05, 0.1) is 6.26 Å². The van der Waals surface area contributed by atoms with E-state index in [2.05, 4.69) is 72.5 Å². The number of tetrazole rings is 1. The van der Waals surface area contributed by atoms with E-state index in [1.54, 1.807) is 6.20 Å². The molecule has 0 fully saturated rings. The average Bonchev–Trinajstić information content (AvgIpc) is 3.40. The van der Waals surface area contributed by atoms with Crippen molar-refractivity contribution in [2.24, 2.45) is 0 Å². The molecule has 10 heteroatoms. The third-order valence-electron chi connectivity index (χ3n) is 5.64. The topological polar surface area (TPSA) is 117 Å². The predicted octanol–water partition coefficient (Wildman–Crippen LogP) is 3.78. The zero-order valence-corrected chi connectivity index (χ0v) is 20.7. The van der Waals surface area contributed by atoms with E-state index in [-0.39, 0.29) is 6.54 Å². The highest BCUT2D eigenvalue weighted by Gasteiger charge is 2.15. The van der Waals surface area contributed by atoms with Crippen LogP contribution in [-0.2, 0) is 23.1 Å². The molecule has 0 aliphatic carbocycles. The summed E-state index contributed by atoms with van der Waals surface area (Å²) in [7, 11) is -3.30. The van der Waals surface area contributed by atoms with Gasteiger partial charge in [-0.3, -0.25) is 0 Å². The third-order valence-corrected chi connectivity index (χ3v) is 6.31. The molecule has 0 radical (unpaired) electrons. The maximum atomic E-state index is 11.6. The minimum Gasteiger partial charge on any atom is -0.352 e. The molecule has 0 saturated carbocycles. The smallest absolute Gasteiger partial charge is 0.209 e. The van der Waals surface area contributed by atoms with Crippen LogP contribution in [0.25, 0.3) is 22.5 Å². The van der Waals surface area contributed by atoms with Crippen molar-refractivity contribution in [3.63, 3.8) is 0 Å². The molecule has 0 saturated heterocycles. The third kappa shape index (κ3) is 6.49. The highest BCUT2D eigenvalue weighted by atomic mass is 32.2. The van der Waals surface area contributed by atoms with Gasteiger partial charge in [-0.1, -0.05) is 67.9 Å². The van der Waals surface area contributed by atoms with Gasteiger partial charge in [0.25, 0.3) is 0 Å². The summed E-state index contributed by atoms with van der Waals surface area (Å²) in [4.78, 5) is 6.82. The Labute approximate surface area is 205 Å². The zero-order chi connectivity index (χ0) is 24.7. The summed E-state index contributed by atoms with van der Waals surface area (Å²) in [6, 6.07) is 20.2. The lowest BCUT2D eigenvalue weighted by molar-refractivity contribution is 0.587. The van der Waals surface area contributed by atoms with Crippen molar-refractivity contribution in [3.05, 3.63) is 78.0 Å². The number of nitrogens with zero attached hydrogens (tertiary/aromatic N) is 5. The quantitative estimate of drug-likeness (QED) is 0.328. The molecule has 0 atom stereocenters. The molecule has 35 heavy (non-hydrogen) atoms. The number of sulfonamides is 1. The number of H-pyrrole nitrogens is 1. The molecule has 2 aromatic heterocycles. The maximum absolute atomic E-state index is 11.6. The van der Waals surface area contributed by atoms with Crippen molar-refractivity contribution < 1.29 is 8.42 Å². The van der Waals surface area contributed by atoms with Crippen LogP contribution in [0, 0.1) is 0 Å². The molecule has 0 spiro atoms. The normalized spacial score (nSPS) is 11.5. The van der Waals surface area contributed by atoms with Crippen molar-refractivity contribution in [2.45, 2.75) is 32.9 Å². The lowest BCUT2D eigenvalue weighted by atomic mass is 9.98. The number of pyridine rings is 1. The number of rotatable bonds is 11. The van der Waals surface area contributed by atoms with Crippen LogP contribution in [0.3, 0.4) is 0 Å². The van der Waals surface area contributed by atoms with E-state index in [0.717, 1.165) is 59.3 Å². The number of nitrogens with one attached hydrogen (secondary N) is 2. The highest BCUT2D eigenvalue weighted by molar-refractivity contribution is 7.88. The Morgan fingerprint density at radius 3 is 2.46 bits per heavy atom. The Morgan fingerprint density at radius 1 is 1.00 bits per heavy atom. The van der Waals surface area contributed by atoms with Crippen LogP contribution in [-0.4, -0.2) is 46.8 Å². The summed E-state index contributed by atoms with van der Waals surface area (Å²) in [5.41, 5.74) is 5.03. The van der Waals surface area contributed by atoms with Gasteiger partial charge in [-0.15, -0.1) is 5.10 Å². The van der Waals surface area contributed by atoms with E-state index in [1.165, 1.54) is 0 Å². The second-order valence-corrected chi connectivity index (χ2v) is 10.2. The summed E-state index contributed by atoms with van der Waals surface area (Å²) in [6.07, 6.45) is 4.96. The van der Waals surface area contributed by atoms with Crippen molar-refractivity contribution >= 4 is 15.8 Å². The molecular weight excluding hydrogens is 462 g/mol. The molecule has 0 bridgehead atoms. The molecule has 0 amide bonds. The fraction of sp³-hybridized carbons (Fsp3) is 0.280. The molecule has 0 aliphatic heterocycles. The SMILES string of the molecule is CCCCN(Cc1ccc(-c2ccccc2-c2nnn[nH]2)cc1)c1ncccc1CNS(C)(=O)=O. The molecule has 9 nitrogen and oxygen atoms in total. The number of hydrogen-bond donors (Lipinski definition) is 2. The maximum Gasteiger partial charge on any atom is 0.209 e. The minimum atomic E-state index is -3.30. The van der Waals surface area contributed by atoms with Crippen LogP contribution >= 0.6 is 0 Å². The van der Waals surface area contributed by atoms with Crippen LogP contribution < -0.4 is 9.62 Å². The van der Waals surface area contributed by atoms with E-state index < -0.39 is 10.0 Å². The second-order valence-electron chi connectivity index (χ2n) is 8.35. The second kappa shape index (κ2) is 11.2. The number of aromatic nitrogens is 5. The minimum absolute atomic E-state index is 0.205. The monoisotopic (exact) mass is 491 g/mol. The number of aromatic amines is 1. The van der Waals surface area contributed by atoms with E-state index in [4.69, 9.17) is 0 Å². The first-order valence-corrected chi connectivity index (χ1v) is 13.4. The van der Waals surface area contributed by atoms with Gasteiger partial charge in [0, 0.05) is 37.0 Å². The van der Waals surface area contributed by atoms with Gasteiger partial charge in [0.2, 0.25) is 10.0 Å². The fourth-order valence-electron chi connectivity index (χ4n) is 3.90. The van der Waals surface area contributed by atoms with Gasteiger partial charge in [0.1, 0.15) is 5.82 Å². The molecular formula is C25H29N7O2S. The van der Waals surface area contributed by atoms with Crippen LogP contribution in [0.5, 0.6) is 0 Å². The Bertz CT molecular complexity index is 1340. The molecule has 2 aromatic carbocycles. The standard InChI is InChI=1S/C25H29N7O2S/c1-3-4-16-32(25-21(8-7-15-26-25)17-27-35(2,33)34)18-19-11-13-20(14-12-19)22-9-5-6-10-23(22)24-28-30-31-29-24/h5-15,27H,3-4,16-18H2,1-2H3,(H,28,29,30,31). The molecule has 0 aliphatic rings. The predicted molar refractivity (Wildman–Crippen MR) is 137 cm³/mol. The molecule has 4 aromatic rings. The summed E-state index contributed by atoms with van der Waals surface area (Å²) >= 11 is 0. The Balaban J connectivity index is 1.58.